The summed E-state index contributed by atoms with van der Waals surface area (Å²) in [6.45, 7) is 0. The Morgan fingerprint density at radius 1 is 1.20 bits per heavy atom. The first kappa shape index (κ1) is 16.2. The lowest BCUT2D eigenvalue weighted by Crippen LogP contribution is -2.33. The molecular formula is C17H18ClFN6. The number of nitrogens with two attached hydrogens (primary N) is 1. The second kappa shape index (κ2) is 6.57. The van der Waals surface area contributed by atoms with Crippen LogP contribution in [-0.4, -0.2) is 31.4 Å². The van der Waals surface area contributed by atoms with Crippen LogP contribution in [0.5, 0.6) is 0 Å². The fourth-order valence-corrected chi connectivity index (χ4v) is 3.35. The molecule has 3 aromatic rings. The molecule has 0 bridgehead atoms. The quantitative estimate of drug-likeness (QED) is 0.749. The summed E-state index contributed by atoms with van der Waals surface area (Å²) >= 11 is 5.98. The number of imidazole rings is 1. The van der Waals surface area contributed by atoms with Crippen LogP contribution in [0.25, 0.3) is 17.0 Å². The van der Waals surface area contributed by atoms with E-state index in [1.165, 1.54) is 6.20 Å². The monoisotopic (exact) mass is 360 g/mol. The maximum Gasteiger partial charge on any atom is 0.223 e. The Morgan fingerprint density at radius 3 is 2.80 bits per heavy atom. The highest BCUT2D eigenvalue weighted by Crippen LogP contribution is 2.25. The zero-order valence-corrected chi connectivity index (χ0v) is 14.2. The third kappa shape index (κ3) is 3.29. The van der Waals surface area contributed by atoms with Crippen LogP contribution in [0.1, 0.15) is 25.7 Å². The van der Waals surface area contributed by atoms with E-state index in [0.29, 0.717) is 22.3 Å². The molecule has 4 rings (SSSR count). The summed E-state index contributed by atoms with van der Waals surface area (Å²) < 4.78 is 16.1. The number of rotatable bonds is 3. The largest absolute Gasteiger partial charge is 0.351 e. The van der Waals surface area contributed by atoms with Gasteiger partial charge in [-0.25, -0.2) is 19.3 Å². The first-order chi connectivity index (χ1) is 12.1. The molecule has 1 saturated carbocycles. The van der Waals surface area contributed by atoms with Crippen molar-refractivity contribution in [3.8, 4) is 11.4 Å². The summed E-state index contributed by atoms with van der Waals surface area (Å²) in [6.07, 6.45) is 8.39. The highest BCUT2D eigenvalue weighted by molar-refractivity contribution is 6.30. The standard InChI is InChI=1S/C17H18ClFN6/c18-10-5-6-25-14(9-21-15(25)7-10)16-13(19)8-22-17(24-16)23-12-3-1-11(20)2-4-12/h5-9,11-12H,1-4,20H2,(H,22,23,24). The molecule has 3 N–H and O–H groups in total. The van der Waals surface area contributed by atoms with Crippen molar-refractivity contribution < 1.29 is 4.39 Å². The van der Waals surface area contributed by atoms with Gasteiger partial charge in [-0.05, 0) is 31.7 Å². The van der Waals surface area contributed by atoms with Gasteiger partial charge < -0.3 is 11.1 Å². The van der Waals surface area contributed by atoms with Crippen molar-refractivity contribution in [2.45, 2.75) is 37.8 Å². The van der Waals surface area contributed by atoms with E-state index in [1.807, 2.05) is 0 Å². The van der Waals surface area contributed by atoms with Gasteiger partial charge in [0, 0.05) is 29.4 Å². The Balaban J connectivity index is 1.65. The van der Waals surface area contributed by atoms with E-state index in [0.717, 1.165) is 25.7 Å². The molecule has 0 spiro atoms. The molecule has 3 heterocycles. The Morgan fingerprint density at radius 2 is 2.00 bits per heavy atom. The van der Waals surface area contributed by atoms with E-state index in [4.69, 9.17) is 17.3 Å². The molecule has 0 radical (unpaired) electrons. The second-order valence-electron chi connectivity index (χ2n) is 6.36. The van der Waals surface area contributed by atoms with Gasteiger partial charge >= 0.3 is 0 Å². The van der Waals surface area contributed by atoms with Gasteiger partial charge in [0.15, 0.2) is 5.82 Å². The number of anilines is 1. The van der Waals surface area contributed by atoms with Crippen LogP contribution in [0.4, 0.5) is 10.3 Å². The Bertz CT molecular complexity index is 903. The molecule has 8 heteroatoms. The van der Waals surface area contributed by atoms with Gasteiger partial charge in [-0.1, -0.05) is 11.6 Å². The summed E-state index contributed by atoms with van der Waals surface area (Å²) in [7, 11) is 0. The molecule has 0 atom stereocenters. The van der Waals surface area contributed by atoms with E-state index >= 15 is 0 Å². The normalized spacial score (nSPS) is 20.8. The van der Waals surface area contributed by atoms with E-state index in [2.05, 4.69) is 20.3 Å². The van der Waals surface area contributed by atoms with Crippen molar-refractivity contribution in [2.24, 2.45) is 5.73 Å². The minimum absolute atomic E-state index is 0.208. The first-order valence-corrected chi connectivity index (χ1v) is 8.65. The highest BCUT2D eigenvalue weighted by Gasteiger charge is 2.20. The van der Waals surface area contributed by atoms with Crippen LogP contribution in [0.3, 0.4) is 0 Å². The molecule has 0 unspecified atom stereocenters. The summed E-state index contributed by atoms with van der Waals surface area (Å²) in [6, 6.07) is 3.98. The van der Waals surface area contributed by atoms with Gasteiger partial charge in [0.25, 0.3) is 0 Å². The van der Waals surface area contributed by atoms with Gasteiger partial charge in [0.2, 0.25) is 5.95 Å². The number of pyridine rings is 1. The minimum Gasteiger partial charge on any atom is -0.351 e. The van der Waals surface area contributed by atoms with E-state index in [-0.39, 0.29) is 17.8 Å². The second-order valence-corrected chi connectivity index (χ2v) is 6.80. The van der Waals surface area contributed by atoms with Crippen molar-refractivity contribution in [3.05, 3.63) is 41.6 Å². The molecule has 0 aromatic carbocycles. The van der Waals surface area contributed by atoms with Crippen LogP contribution in [0, 0.1) is 5.82 Å². The number of aromatic nitrogens is 4. The maximum atomic E-state index is 14.3. The molecule has 6 nitrogen and oxygen atoms in total. The first-order valence-electron chi connectivity index (χ1n) is 8.28. The van der Waals surface area contributed by atoms with Crippen LogP contribution >= 0.6 is 11.6 Å². The fourth-order valence-electron chi connectivity index (χ4n) is 3.19. The summed E-state index contributed by atoms with van der Waals surface area (Å²) in [5, 5.41) is 3.87. The summed E-state index contributed by atoms with van der Waals surface area (Å²) in [5.41, 5.74) is 7.33. The summed E-state index contributed by atoms with van der Waals surface area (Å²) in [4.78, 5) is 12.7. The lowest BCUT2D eigenvalue weighted by molar-refractivity contribution is 0.409. The SMILES string of the molecule is NC1CCC(Nc2ncc(F)c(-c3cnc4cc(Cl)ccn34)n2)CC1. The molecular weight excluding hydrogens is 343 g/mol. The smallest absolute Gasteiger partial charge is 0.223 e. The highest BCUT2D eigenvalue weighted by atomic mass is 35.5. The minimum atomic E-state index is -0.493. The van der Waals surface area contributed by atoms with Gasteiger partial charge in [-0.15, -0.1) is 0 Å². The molecule has 1 fully saturated rings. The van der Waals surface area contributed by atoms with Crippen molar-refractivity contribution in [3.63, 3.8) is 0 Å². The van der Waals surface area contributed by atoms with Crippen LogP contribution in [0.2, 0.25) is 5.02 Å². The predicted molar refractivity (Wildman–Crippen MR) is 95.0 cm³/mol. The van der Waals surface area contributed by atoms with E-state index < -0.39 is 5.82 Å². The molecule has 3 aromatic heterocycles. The molecule has 130 valence electrons. The van der Waals surface area contributed by atoms with Crippen LogP contribution < -0.4 is 11.1 Å². The van der Waals surface area contributed by atoms with Gasteiger partial charge in [-0.3, -0.25) is 4.40 Å². The Hall–Kier alpha value is -2.25. The number of nitrogens with one attached hydrogen (secondary N) is 1. The topological polar surface area (TPSA) is 81.1 Å². The van der Waals surface area contributed by atoms with Gasteiger partial charge in [0.05, 0.1) is 18.1 Å². The predicted octanol–water partition coefficient (Wildman–Crippen LogP) is 3.27. The third-order valence-electron chi connectivity index (χ3n) is 4.57. The number of hydrogen-bond acceptors (Lipinski definition) is 5. The van der Waals surface area contributed by atoms with Crippen molar-refractivity contribution in [1.29, 1.82) is 0 Å². The maximum absolute atomic E-state index is 14.3. The Labute approximate surface area is 149 Å². The molecule has 0 amide bonds. The van der Waals surface area contributed by atoms with E-state index in [1.54, 1.807) is 28.9 Å². The fraction of sp³-hybridized carbons (Fsp3) is 0.353. The molecule has 0 saturated heterocycles. The average Bonchev–Trinajstić information content (AvgIpc) is 3.01. The number of fused-ring (bicyclic) bond motifs is 1. The molecule has 0 aliphatic heterocycles. The zero-order valence-electron chi connectivity index (χ0n) is 13.5. The molecule has 25 heavy (non-hydrogen) atoms. The lowest BCUT2D eigenvalue weighted by Gasteiger charge is -2.26. The van der Waals surface area contributed by atoms with Gasteiger partial charge in [-0.2, -0.15) is 0 Å². The number of nitrogens with zero attached hydrogens (tertiary/aromatic N) is 4. The Kier molecular flexibility index (Phi) is 4.27. The average molecular weight is 361 g/mol. The van der Waals surface area contributed by atoms with Crippen molar-refractivity contribution in [2.75, 3.05) is 5.32 Å². The number of halogens is 2. The number of hydrogen-bond donors (Lipinski definition) is 2. The molecule has 1 aliphatic rings. The summed E-state index contributed by atoms with van der Waals surface area (Å²) in [5.74, 6) is -0.0752. The van der Waals surface area contributed by atoms with E-state index in [9.17, 15) is 4.39 Å². The van der Waals surface area contributed by atoms with Crippen LogP contribution in [-0.2, 0) is 0 Å². The third-order valence-corrected chi connectivity index (χ3v) is 4.80. The van der Waals surface area contributed by atoms with Crippen LogP contribution in [0.15, 0.2) is 30.7 Å². The van der Waals surface area contributed by atoms with Crippen molar-refractivity contribution >= 4 is 23.2 Å². The van der Waals surface area contributed by atoms with Crippen molar-refractivity contribution in [1.82, 2.24) is 19.4 Å². The lowest BCUT2D eigenvalue weighted by atomic mass is 9.92. The molecule has 1 aliphatic carbocycles. The zero-order chi connectivity index (χ0) is 17.4. The van der Waals surface area contributed by atoms with Gasteiger partial charge in [0.1, 0.15) is 11.3 Å².